The zero-order chi connectivity index (χ0) is 27.6. The number of ether oxygens (including phenoxy) is 1. The van der Waals surface area contributed by atoms with Gasteiger partial charge < -0.3 is 15.0 Å². The van der Waals surface area contributed by atoms with Gasteiger partial charge >= 0.3 is 0 Å². The molecule has 0 aliphatic carbocycles. The van der Waals surface area contributed by atoms with Crippen LogP contribution >= 0.6 is 23.2 Å². The number of rotatable bonds is 14. The predicted octanol–water partition coefficient (Wildman–Crippen LogP) is 4.88. The Morgan fingerprint density at radius 2 is 1.78 bits per heavy atom. The number of sulfonamides is 1. The lowest BCUT2D eigenvalue weighted by molar-refractivity contribution is -0.141. The lowest BCUT2D eigenvalue weighted by atomic mass is 10.1. The number of hydrogen-bond acceptors (Lipinski definition) is 5. The minimum atomic E-state index is -3.64. The molecule has 0 bridgehead atoms. The number of nitrogens with zero attached hydrogens (tertiary/aromatic N) is 2. The van der Waals surface area contributed by atoms with Gasteiger partial charge in [0.2, 0.25) is 21.8 Å². The van der Waals surface area contributed by atoms with Gasteiger partial charge in [0.15, 0.2) is 0 Å². The molecule has 0 saturated carbocycles. The van der Waals surface area contributed by atoms with Gasteiger partial charge in [-0.15, -0.1) is 0 Å². The van der Waals surface area contributed by atoms with Crippen molar-refractivity contribution in [3.63, 3.8) is 0 Å². The Morgan fingerprint density at radius 3 is 2.35 bits per heavy atom. The Hall–Kier alpha value is -2.49. The molecule has 2 amide bonds. The van der Waals surface area contributed by atoms with Crippen molar-refractivity contribution in [2.45, 2.75) is 52.1 Å². The molecule has 11 heteroatoms. The second-order valence-electron chi connectivity index (χ2n) is 8.59. The minimum absolute atomic E-state index is 0.0396. The summed E-state index contributed by atoms with van der Waals surface area (Å²) in [5.41, 5.74) is 1.10. The largest absolute Gasteiger partial charge is 0.495 e. The van der Waals surface area contributed by atoms with E-state index in [0.717, 1.165) is 18.2 Å². The van der Waals surface area contributed by atoms with Crippen molar-refractivity contribution in [1.29, 1.82) is 0 Å². The first-order chi connectivity index (χ1) is 17.5. The Bertz CT molecular complexity index is 1180. The number of halogens is 2. The van der Waals surface area contributed by atoms with Crippen LogP contribution in [-0.2, 0) is 26.2 Å². The number of anilines is 1. The predicted molar refractivity (Wildman–Crippen MR) is 149 cm³/mol. The molecule has 2 aromatic rings. The van der Waals surface area contributed by atoms with Crippen LogP contribution in [0.3, 0.4) is 0 Å². The van der Waals surface area contributed by atoms with Crippen LogP contribution in [-0.4, -0.2) is 57.6 Å². The fourth-order valence-corrected chi connectivity index (χ4v) is 5.31. The van der Waals surface area contributed by atoms with Gasteiger partial charge in [0, 0.05) is 31.1 Å². The molecule has 0 aromatic heterocycles. The van der Waals surface area contributed by atoms with E-state index < -0.39 is 16.1 Å². The van der Waals surface area contributed by atoms with E-state index in [-0.39, 0.29) is 42.8 Å². The van der Waals surface area contributed by atoms with Crippen LogP contribution in [0.25, 0.3) is 0 Å². The molecule has 2 aromatic carbocycles. The zero-order valence-electron chi connectivity index (χ0n) is 21.7. The summed E-state index contributed by atoms with van der Waals surface area (Å²) in [5, 5.41) is 3.65. The number of benzene rings is 2. The monoisotopic (exact) mass is 571 g/mol. The molecule has 2 rings (SSSR count). The third kappa shape index (κ3) is 8.79. The highest BCUT2D eigenvalue weighted by Crippen LogP contribution is 2.30. The van der Waals surface area contributed by atoms with Gasteiger partial charge in [-0.1, -0.05) is 55.2 Å². The molecule has 1 atom stereocenters. The zero-order valence-corrected chi connectivity index (χ0v) is 24.0. The first-order valence-corrected chi connectivity index (χ1v) is 14.8. The number of hydrogen-bond donors (Lipinski definition) is 1. The Labute approximate surface area is 229 Å². The van der Waals surface area contributed by atoms with Crippen molar-refractivity contribution in [3.05, 3.63) is 58.1 Å². The second kappa shape index (κ2) is 14.4. The summed E-state index contributed by atoms with van der Waals surface area (Å²) in [7, 11) is -2.17. The Morgan fingerprint density at radius 1 is 1.08 bits per heavy atom. The number of carbonyl (C=O) groups excluding carboxylic acids is 2. The van der Waals surface area contributed by atoms with E-state index in [9.17, 15) is 18.0 Å². The molecule has 0 saturated heterocycles. The van der Waals surface area contributed by atoms with Gasteiger partial charge in [0.1, 0.15) is 11.8 Å². The van der Waals surface area contributed by atoms with Gasteiger partial charge in [0.05, 0.1) is 24.1 Å². The fourth-order valence-electron chi connectivity index (χ4n) is 3.91. The molecule has 0 aliphatic heterocycles. The first kappa shape index (κ1) is 30.7. The second-order valence-corrected chi connectivity index (χ2v) is 11.3. The highest BCUT2D eigenvalue weighted by Gasteiger charge is 2.29. The highest BCUT2D eigenvalue weighted by atomic mass is 35.5. The molecule has 0 radical (unpaired) electrons. The quantitative estimate of drug-likeness (QED) is 0.348. The van der Waals surface area contributed by atoms with E-state index in [1.807, 2.05) is 26.0 Å². The Balaban J connectivity index is 2.23. The summed E-state index contributed by atoms with van der Waals surface area (Å²) in [6.45, 7) is 4.54. The van der Waals surface area contributed by atoms with E-state index in [2.05, 4.69) is 5.32 Å². The maximum absolute atomic E-state index is 13.4. The van der Waals surface area contributed by atoms with Gasteiger partial charge in [0.25, 0.3) is 0 Å². The van der Waals surface area contributed by atoms with Crippen LogP contribution in [0.2, 0.25) is 10.0 Å². The third-order valence-corrected chi connectivity index (χ3v) is 7.67. The summed E-state index contributed by atoms with van der Waals surface area (Å²) in [6.07, 6.45) is 2.57. The normalized spacial score (nSPS) is 12.1. The molecule has 1 N–H and O–H groups in total. The number of carbonyl (C=O) groups is 2. The van der Waals surface area contributed by atoms with Crippen LogP contribution in [0.5, 0.6) is 5.75 Å². The summed E-state index contributed by atoms with van der Waals surface area (Å²) >= 11 is 12.6. The van der Waals surface area contributed by atoms with Crippen molar-refractivity contribution < 1.29 is 22.7 Å². The van der Waals surface area contributed by atoms with E-state index in [0.29, 0.717) is 29.4 Å². The number of nitrogens with one attached hydrogen (secondary N) is 1. The average molecular weight is 573 g/mol. The average Bonchev–Trinajstić information content (AvgIpc) is 2.85. The van der Waals surface area contributed by atoms with E-state index in [4.69, 9.17) is 27.9 Å². The summed E-state index contributed by atoms with van der Waals surface area (Å²) in [6, 6.07) is 11.2. The smallest absolute Gasteiger partial charge is 0.242 e. The Kier molecular flexibility index (Phi) is 12.0. The van der Waals surface area contributed by atoms with E-state index in [1.54, 1.807) is 24.3 Å². The lowest BCUT2D eigenvalue weighted by Crippen LogP contribution is -2.49. The summed E-state index contributed by atoms with van der Waals surface area (Å²) in [5.74, 6) is -0.0637. The highest BCUT2D eigenvalue weighted by molar-refractivity contribution is 7.92. The molecule has 0 spiro atoms. The molecule has 8 nitrogen and oxygen atoms in total. The maximum Gasteiger partial charge on any atom is 0.242 e. The van der Waals surface area contributed by atoms with Crippen molar-refractivity contribution in [1.82, 2.24) is 10.2 Å². The van der Waals surface area contributed by atoms with Crippen molar-refractivity contribution in [3.8, 4) is 5.75 Å². The molecule has 0 fully saturated rings. The molecular weight excluding hydrogens is 537 g/mol. The van der Waals surface area contributed by atoms with Gasteiger partial charge in [-0.2, -0.15) is 0 Å². The molecule has 0 aliphatic rings. The van der Waals surface area contributed by atoms with Gasteiger partial charge in [-0.25, -0.2) is 8.42 Å². The lowest BCUT2D eigenvalue weighted by Gasteiger charge is -2.31. The summed E-state index contributed by atoms with van der Waals surface area (Å²) < 4.78 is 31.4. The summed E-state index contributed by atoms with van der Waals surface area (Å²) in [4.78, 5) is 27.9. The molecule has 37 heavy (non-hydrogen) atoms. The van der Waals surface area contributed by atoms with Crippen molar-refractivity contribution in [2.75, 3.05) is 30.8 Å². The maximum atomic E-state index is 13.4. The third-order valence-electron chi connectivity index (χ3n) is 5.81. The van der Waals surface area contributed by atoms with Crippen molar-refractivity contribution >= 4 is 50.7 Å². The number of amides is 2. The first-order valence-electron chi connectivity index (χ1n) is 12.1. The van der Waals surface area contributed by atoms with E-state index >= 15 is 0 Å². The number of methoxy groups -OCH3 is 1. The fraction of sp³-hybridized carbons (Fsp3) is 0.462. The van der Waals surface area contributed by atoms with Crippen LogP contribution in [0.4, 0.5) is 5.69 Å². The minimum Gasteiger partial charge on any atom is -0.495 e. The molecular formula is C26H35Cl2N3O5S. The van der Waals surface area contributed by atoms with E-state index in [1.165, 1.54) is 22.4 Å². The molecule has 204 valence electrons. The topological polar surface area (TPSA) is 96.0 Å². The SMILES string of the molecule is CCCNC(=O)[C@@H](CC)N(Cc1ccccc1Cl)C(=O)CCCN(c1ccc(OC)c(Cl)c1)S(C)(=O)=O. The van der Waals surface area contributed by atoms with Crippen LogP contribution in [0.1, 0.15) is 45.1 Å². The van der Waals surface area contributed by atoms with Crippen LogP contribution in [0, 0.1) is 0 Å². The molecule has 0 unspecified atom stereocenters. The van der Waals surface area contributed by atoms with Crippen molar-refractivity contribution in [2.24, 2.45) is 0 Å². The standard InChI is InChI=1S/C26H35Cl2N3O5S/c1-5-15-29-26(33)23(6-2)30(18-19-10-7-8-11-21(19)27)25(32)12-9-16-31(37(4,34)35)20-13-14-24(36-3)22(28)17-20/h7-8,10-11,13-14,17,23H,5-6,9,12,15-16,18H2,1-4H3,(H,29,33)/t23-/m1/s1. The van der Waals surface area contributed by atoms with Crippen LogP contribution < -0.4 is 14.4 Å². The van der Waals surface area contributed by atoms with Gasteiger partial charge in [-0.3, -0.25) is 13.9 Å². The van der Waals surface area contributed by atoms with Gasteiger partial charge in [-0.05, 0) is 49.1 Å². The van der Waals surface area contributed by atoms with Crippen LogP contribution in [0.15, 0.2) is 42.5 Å². The molecule has 0 heterocycles.